The average Bonchev–Trinajstić information content (AvgIpc) is 2.61. The van der Waals surface area contributed by atoms with Gasteiger partial charge < -0.3 is 9.73 Å². The fourth-order valence-electron chi connectivity index (χ4n) is 2.20. The second-order valence-electron chi connectivity index (χ2n) is 5.26. The van der Waals surface area contributed by atoms with Gasteiger partial charge in [0.1, 0.15) is 5.58 Å². The summed E-state index contributed by atoms with van der Waals surface area (Å²) in [6, 6.07) is 16.2. The highest BCUT2D eigenvalue weighted by atomic mass is 35.5. The number of halogens is 1. The average molecular weight is 372 g/mol. The summed E-state index contributed by atoms with van der Waals surface area (Å²) >= 11 is 11.0. The van der Waals surface area contributed by atoms with Crippen molar-refractivity contribution in [3.63, 3.8) is 0 Å². The molecule has 7 heteroatoms. The van der Waals surface area contributed by atoms with Gasteiger partial charge in [-0.1, -0.05) is 29.8 Å². The molecule has 0 aliphatic heterocycles. The Kier molecular flexibility index (Phi) is 5.11. The number of benzene rings is 2. The van der Waals surface area contributed by atoms with Crippen molar-refractivity contribution in [3.8, 4) is 0 Å². The number of rotatable bonds is 3. The first-order chi connectivity index (χ1) is 12.0. The van der Waals surface area contributed by atoms with E-state index in [9.17, 15) is 4.79 Å². The quantitative estimate of drug-likeness (QED) is 0.313. The standard InChI is InChI=1S/C18H14ClN3O2S/c1-11(15-10-12-4-2-3-5-16(12)24-17(15)23)21-22-18(25)20-14-8-6-13(19)7-9-14/h2-10H,1H3,(H2,20,22,25)/b21-11+. The SMILES string of the molecule is C/C(=N\NC(=S)Nc1ccc(Cl)cc1)c1cc2ccccc2oc1=O. The number of hydrazone groups is 1. The van der Waals surface area contributed by atoms with Crippen LogP contribution in [0.15, 0.2) is 68.9 Å². The van der Waals surface area contributed by atoms with Gasteiger partial charge in [0, 0.05) is 16.1 Å². The number of hydrogen-bond acceptors (Lipinski definition) is 4. The van der Waals surface area contributed by atoms with E-state index in [0.29, 0.717) is 27.0 Å². The molecule has 5 nitrogen and oxygen atoms in total. The fraction of sp³-hybridized carbons (Fsp3) is 0.0556. The molecule has 126 valence electrons. The highest BCUT2D eigenvalue weighted by molar-refractivity contribution is 7.80. The van der Waals surface area contributed by atoms with Gasteiger partial charge >= 0.3 is 5.63 Å². The van der Waals surface area contributed by atoms with Crippen molar-refractivity contribution in [1.29, 1.82) is 0 Å². The maximum atomic E-state index is 12.1. The number of fused-ring (bicyclic) bond motifs is 1. The third-order valence-electron chi connectivity index (χ3n) is 3.46. The number of hydrogen-bond donors (Lipinski definition) is 2. The lowest BCUT2D eigenvalue weighted by Gasteiger charge is -2.08. The van der Waals surface area contributed by atoms with E-state index in [2.05, 4.69) is 15.8 Å². The number of nitrogens with one attached hydrogen (secondary N) is 2. The van der Waals surface area contributed by atoms with Crippen molar-refractivity contribution in [1.82, 2.24) is 5.43 Å². The summed E-state index contributed by atoms with van der Waals surface area (Å²) in [5.74, 6) is 0. The highest BCUT2D eigenvalue weighted by Gasteiger charge is 2.08. The Morgan fingerprint density at radius 3 is 2.64 bits per heavy atom. The highest BCUT2D eigenvalue weighted by Crippen LogP contribution is 2.14. The summed E-state index contributed by atoms with van der Waals surface area (Å²) in [6.07, 6.45) is 0. The van der Waals surface area contributed by atoms with Crippen LogP contribution in [0.4, 0.5) is 5.69 Å². The predicted molar refractivity (Wildman–Crippen MR) is 106 cm³/mol. The molecule has 0 radical (unpaired) electrons. The Morgan fingerprint density at radius 1 is 1.16 bits per heavy atom. The van der Waals surface area contributed by atoms with Crippen LogP contribution in [-0.2, 0) is 0 Å². The molecule has 0 amide bonds. The zero-order chi connectivity index (χ0) is 17.8. The molecule has 0 aliphatic carbocycles. The minimum absolute atomic E-state index is 0.298. The summed E-state index contributed by atoms with van der Waals surface area (Å²) in [4.78, 5) is 12.1. The van der Waals surface area contributed by atoms with E-state index in [1.54, 1.807) is 43.3 Å². The van der Waals surface area contributed by atoms with Gasteiger partial charge in [0.2, 0.25) is 0 Å². The minimum Gasteiger partial charge on any atom is -0.422 e. The van der Waals surface area contributed by atoms with E-state index >= 15 is 0 Å². The Bertz CT molecular complexity index is 1010. The molecule has 25 heavy (non-hydrogen) atoms. The van der Waals surface area contributed by atoms with E-state index in [0.717, 1.165) is 11.1 Å². The van der Waals surface area contributed by atoms with Crippen molar-refractivity contribution in [2.45, 2.75) is 6.92 Å². The van der Waals surface area contributed by atoms with E-state index in [-0.39, 0.29) is 0 Å². The molecular formula is C18H14ClN3O2S. The molecule has 0 bridgehead atoms. The molecule has 2 aromatic carbocycles. The Labute approximate surface area is 154 Å². The predicted octanol–water partition coefficient (Wildman–Crippen LogP) is 4.16. The molecule has 1 aromatic heterocycles. The van der Waals surface area contributed by atoms with Gasteiger partial charge in [-0.2, -0.15) is 5.10 Å². The van der Waals surface area contributed by atoms with Gasteiger partial charge in [-0.05, 0) is 55.5 Å². The molecule has 2 N–H and O–H groups in total. The van der Waals surface area contributed by atoms with Crippen LogP contribution in [0.5, 0.6) is 0 Å². The van der Waals surface area contributed by atoms with Crippen molar-refractivity contribution >= 4 is 51.3 Å². The normalized spacial score (nSPS) is 11.4. The maximum absolute atomic E-state index is 12.1. The zero-order valence-electron chi connectivity index (χ0n) is 13.2. The molecule has 0 spiro atoms. The second-order valence-corrected chi connectivity index (χ2v) is 6.10. The van der Waals surface area contributed by atoms with Crippen LogP contribution >= 0.6 is 23.8 Å². The monoisotopic (exact) mass is 371 g/mol. The summed E-state index contributed by atoms with van der Waals surface area (Å²) in [7, 11) is 0. The second kappa shape index (κ2) is 7.46. The molecular weight excluding hydrogens is 358 g/mol. The minimum atomic E-state index is -0.446. The maximum Gasteiger partial charge on any atom is 0.345 e. The summed E-state index contributed by atoms with van der Waals surface area (Å²) in [6.45, 7) is 1.71. The lowest BCUT2D eigenvalue weighted by atomic mass is 10.1. The molecule has 3 aromatic rings. The number of anilines is 1. The summed E-state index contributed by atoms with van der Waals surface area (Å²) in [5.41, 5.74) is 4.43. The Balaban J connectivity index is 1.75. The van der Waals surface area contributed by atoms with Crippen molar-refractivity contribution < 1.29 is 4.42 Å². The van der Waals surface area contributed by atoms with Gasteiger partial charge in [0.15, 0.2) is 5.11 Å². The third kappa shape index (κ3) is 4.23. The molecule has 0 unspecified atom stereocenters. The summed E-state index contributed by atoms with van der Waals surface area (Å²) < 4.78 is 5.30. The van der Waals surface area contributed by atoms with Gasteiger partial charge in [-0.3, -0.25) is 5.43 Å². The van der Waals surface area contributed by atoms with Gasteiger partial charge in [-0.25, -0.2) is 4.79 Å². The third-order valence-corrected chi connectivity index (χ3v) is 3.90. The number of nitrogens with zero attached hydrogens (tertiary/aromatic N) is 1. The van der Waals surface area contributed by atoms with Gasteiger partial charge in [-0.15, -0.1) is 0 Å². The topological polar surface area (TPSA) is 66.6 Å². The molecule has 0 aliphatic rings. The van der Waals surface area contributed by atoms with E-state index < -0.39 is 5.63 Å². The van der Waals surface area contributed by atoms with Crippen LogP contribution in [-0.4, -0.2) is 10.8 Å². The van der Waals surface area contributed by atoms with Crippen LogP contribution in [0.3, 0.4) is 0 Å². The van der Waals surface area contributed by atoms with Crippen molar-refractivity contribution in [2.24, 2.45) is 5.10 Å². The van der Waals surface area contributed by atoms with Gasteiger partial charge in [0.05, 0.1) is 11.3 Å². The van der Waals surface area contributed by atoms with E-state index in [4.69, 9.17) is 28.2 Å². The van der Waals surface area contributed by atoms with Crippen LogP contribution in [0.2, 0.25) is 5.02 Å². The first-order valence-corrected chi connectivity index (χ1v) is 8.21. The lowest BCUT2D eigenvalue weighted by Crippen LogP contribution is -2.25. The molecule has 0 saturated heterocycles. The number of thiocarbonyl (C=S) groups is 1. The Hall–Kier alpha value is -2.70. The Morgan fingerprint density at radius 2 is 1.88 bits per heavy atom. The molecule has 0 saturated carbocycles. The van der Waals surface area contributed by atoms with Gasteiger partial charge in [0.25, 0.3) is 0 Å². The molecule has 0 fully saturated rings. The van der Waals surface area contributed by atoms with E-state index in [1.165, 1.54) is 0 Å². The first-order valence-electron chi connectivity index (χ1n) is 7.43. The molecule has 1 heterocycles. The fourth-order valence-corrected chi connectivity index (χ4v) is 2.49. The van der Waals surface area contributed by atoms with Crippen molar-refractivity contribution in [2.75, 3.05) is 5.32 Å². The van der Waals surface area contributed by atoms with Crippen LogP contribution in [0, 0.1) is 0 Å². The summed E-state index contributed by atoms with van der Waals surface area (Å²) in [5, 5.41) is 8.89. The number of para-hydroxylation sites is 1. The zero-order valence-corrected chi connectivity index (χ0v) is 14.8. The first kappa shape index (κ1) is 17.1. The molecule has 3 rings (SSSR count). The van der Waals surface area contributed by atoms with Crippen molar-refractivity contribution in [3.05, 3.63) is 75.6 Å². The smallest absolute Gasteiger partial charge is 0.345 e. The lowest BCUT2D eigenvalue weighted by molar-refractivity contribution is 0.559. The van der Waals surface area contributed by atoms with E-state index in [1.807, 2.05) is 18.2 Å². The van der Waals surface area contributed by atoms with Crippen LogP contribution < -0.4 is 16.4 Å². The van der Waals surface area contributed by atoms with Crippen LogP contribution in [0.1, 0.15) is 12.5 Å². The largest absolute Gasteiger partial charge is 0.422 e. The van der Waals surface area contributed by atoms with Crippen LogP contribution in [0.25, 0.3) is 11.0 Å². The molecule has 0 atom stereocenters.